The molecule has 0 aliphatic rings. The summed E-state index contributed by atoms with van der Waals surface area (Å²) in [6.45, 7) is 0. The van der Waals surface area contributed by atoms with Crippen LogP contribution in [0.25, 0.3) is 0 Å². The maximum atomic E-state index is 12.9. The highest BCUT2D eigenvalue weighted by Gasteiger charge is 2.10. The zero-order valence-corrected chi connectivity index (χ0v) is 16.1. The van der Waals surface area contributed by atoms with Crippen LogP contribution >= 0.6 is 39.0 Å². The number of nitrogens with one attached hydrogen (secondary N) is 1. The maximum absolute atomic E-state index is 12.9. The van der Waals surface area contributed by atoms with Gasteiger partial charge in [0.25, 0.3) is 0 Å². The zero-order chi connectivity index (χ0) is 17.6. The van der Waals surface area contributed by atoms with Gasteiger partial charge in [0.2, 0.25) is 11.0 Å². The Kier molecular flexibility index (Phi) is 6.17. The number of anilines is 1. The van der Waals surface area contributed by atoms with Gasteiger partial charge in [-0.25, -0.2) is 4.39 Å². The Hall–Kier alpha value is -1.77. The van der Waals surface area contributed by atoms with Crippen molar-refractivity contribution in [1.82, 2.24) is 10.2 Å². The topological polar surface area (TPSA) is 54.9 Å². The molecule has 0 aliphatic heterocycles. The van der Waals surface area contributed by atoms with Gasteiger partial charge in [-0.15, -0.1) is 10.2 Å². The zero-order valence-electron chi connectivity index (χ0n) is 12.9. The van der Waals surface area contributed by atoms with Crippen LogP contribution in [0.5, 0.6) is 0 Å². The standard InChI is InChI=1S/C17H13BrFN3OS2/c18-13-5-1-12(2-6-13)10-24-17-22-21-16(25-17)20-15(23)9-11-3-7-14(19)8-4-11/h1-8H,9-10H2,(H,20,21,23). The smallest absolute Gasteiger partial charge is 0.230 e. The summed E-state index contributed by atoms with van der Waals surface area (Å²) < 4.78 is 14.7. The van der Waals surface area contributed by atoms with Gasteiger partial charge in [0.1, 0.15) is 5.82 Å². The predicted octanol–water partition coefficient (Wildman–Crippen LogP) is 4.91. The summed E-state index contributed by atoms with van der Waals surface area (Å²) in [5.74, 6) is 0.263. The molecule has 1 heterocycles. The summed E-state index contributed by atoms with van der Waals surface area (Å²) >= 11 is 6.31. The lowest BCUT2D eigenvalue weighted by molar-refractivity contribution is -0.115. The summed E-state index contributed by atoms with van der Waals surface area (Å²) in [5.41, 5.74) is 1.93. The highest BCUT2D eigenvalue weighted by atomic mass is 79.9. The van der Waals surface area contributed by atoms with E-state index in [1.807, 2.05) is 24.3 Å². The van der Waals surface area contributed by atoms with Gasteiger partial charge in [-0.3, -0.25) is 4.79 Å². The van der Waals surface area contributed by atoms with E-state index in [4.69, 9.17) is 0 Å². The van der Waals surface area contributed by atoms with E-state index in [0.717, 1.165) is 20.1 Å². The van der Waals surface area contributed by atoms with E-state index < -0.39 is 0 Å². The number of nitrogens with zero attached hydrogens (tertiary/aromatic N) is 2. The van der Waals surface area contributed by atoms with Crippen molar-refractivity contribution in [3.05, 3.63) is 69.9 Å². The Morgan fingerprint density at radius 1 is 1.08 bits per heavy atom. The molecule has 25 heavy (non-hydrogen) atoms. The fraction of sp³-hybridized carbons (Fsp3) is 0.118. The molecule has 0 bridgehead atoms. The van der Waals surface area contributed by atoms with Crippen LogP contribution in [0.2, 0.25) is 0 Å². The quantitative estimate of drug-likeness (QED) is 0.439. The number of benzene rings is 2. The number of carbonyl (C=O) groups is 1. The van der Waals surface area contributed by atoms with Crippen LogP contribution in [0, 0.1) is 5.82 Å². The Labute approximate surface area is 161 Å². The Morgan fingerprint density at radius 2 is 1.76 bits per heavy atom. The van der Waals surface area contributed by atoms with E-state index >= 15 is 0 Å². The first-order valence-corrected chi connectivity index (χ1v) is 9.93. The average molecular weight is 438 g/mol. The lowest BCUT2D eigenvalue weighted by Gasteiger charge is -2.01. The second kappa shape index (κ2) is 8.55. The molecule has 0 radical (unpaired) electrons. The van der Waals surface area contributed by atoms with Crippen LogP contribution in [-0.2, 0) is 17.0 Å². The van der Waals surface area contributed by atoms with Crippen molar-refractivity contribution in [2.45, 2.75) is 16.5 Å². The van der Waals surface area contributed by atoms with Gasteiger partial charge >= 0.3 is 0 Å². The first kappa shape index (κ1) is 18.0. The molecule has 4 nitrogen and oxygen atoms in total. The van der Waals surface area contributed by atoms with Crippen molar-refractivity contribution in [3.8, 4) is 0 Å². The maximum Gasteiger partial charge on any atom is 0.230 e. The molecule has 3 aromatic rings. The molecular formula is C17H13BrFN3OS2. The first-order chi connectivity index (χ1) is 12.1. The number of hydrogen-bond donors (Lipinski definition) is 1. The molecule has 0 spiro atoms. The molecule has 0 saturated carbocycles. The van der Waals surface area contributed by atoms with Crippen molar-refractivity contribution >= 4 is 50.1 Å². The predicted molar refractivity (Wildman–Crippen MR) is 102 cm³/mol. The number of amides is 1. The van der Waals surface area contributed by atoms with Gasteiger partial charge < -0.3 is 5.32 Å². The Morgan fingerprint density at radius 3 is 2.48 bits per heavy atom. The molecule has 1 N–H and O–H groups in total. The largest absolute Gasteiger partial charge is 0.300 e. The fourth-order valence-corrected chi connectivity index (χ4v) is 3.98. The summed E-state index contributed by atoms with van der Waals surface area (Å²) in [7, 11) is 0. The van der Waals surface area contributed by atoms with Crippen molar-refractivity contribution in [3.63, 3.8) is 0 Å². The van der Waals surface area contributed by atoms with Crippen LogP contribution < -0.4 is 5.32 Å². The number of hydrogen-bond acceptors (Lipinski definition) is 5. The molecule has 3 rings (SSSR count). The molecule has 1 amide bonds. The van der Waals surface area contributed by atoms with E-state index in [2.05, 4.69) is 31.4 Å². The van der Waals surface area contributed by atoms with E-state index in [1.54, 1.807) is 23.9 Å². The molecular weight excluding hydrogens is 425 g/mol. The molecule has 0 saturated heterocycles. The fourth-order valence-electron chi connectivity index (χ4n) is 2.00. The number of aromatic nitrogens is 2. The summed E-state index contributed by atoms with van der Waals surface area (Å²) in [6.07, 6.45) is 0.168. The molecule has 128 valence electrons. The SMILES string of the molecule is O=C(Cc1ccc(F)cc1)Nc1nnc(SCc2ccc(Br)cc2)s1. The first-order valence-electron chi connectivity index (χ1n) is 7.33. The monoisotopic (exact) mass is 437 g/mol. The molecule has 8 heteroatoms. The second-order valence-electron chi connectivity index (χ2n) is 5.14. The lowest BCUT2D eigenvalue weighted by Crippen LogP contribution is -2.14. The molecule has 0 fully saturated rings. The summed E-state index contributed by atoms with van der Waals surface area (Å²) in [6, 6.07) is 13.9. The van der Waals surface area contributed by atoms with Crippen LogP contribution in [0.3, 0.4) is 0 Å². The van der Waals surface area contributed by atoms with Crippen molar-refractivity contribution in [2.24, 2.45) is 0 Å². The molecule has 2 aromatic carbocycles. The highest BCUT2D eigenvalue weighted by Crippen LogP contribution is 2.28. The molecule has 0 atom stereocenters. The summed E-state index contributed by atoms with van der Waals surface area (Å²) in [4.78, 5) is 12.0. The Bertz CT molecular complexity index is 853. The molecule has 0 unspecified atom stereocenters. The van der Waals surface area contributed by atoms with Gasteiger partial charge in [-0.2, -0.15) is 0 Å². The van der Waals surface area contributed by atoms with E-state index in [9.17, 15) is 9.18 Å². The minimum absolute atomic E-state index is 0.168. The highest BCUT2D eigenvalue weighted by molar-refractivity contribution is 9.10. The van der Waals surface area contributed by atoms with E-state index in [-0.39, 0.29) is 18.1 Å². The van der Waals surface area contributed by atoms with Crippen LogP contribution in [-0.4, -0.2) is 16.1 Å². The van der Waals surface area contributed by atoms with Gasteiger partial charge in [0.05, 0.1) is 6.42 Å². The Balaban J connectivity index is 1.51. The normalized spacial score (nSPS) is 10.6. The second-order valence-corrected chi connectivity index (χ2v) is 8.26. The third kappa shape index (κ3) is 5.62. The van der Waals surface area contributed by atoms with Crippen molar-refractivity contribution in [1.29, 1.82) is 0 Å². The van der Waals surface area contributed by atoms with Crippen LogP contribution in [0.4, 0.5) is 9.52 Å². The van der Waals surface area contributed by atoms with E-state index in [0.29, 0.717) is 5.13 Å². The number of halogens is 2. The minimum atomic E-state index is -0.319. The number of carbonyl (C=O) groups excluding carboxylic acids is 1. The van der Waals surface area contributed by atoms with Crippen molar-refractivity contribution in [2.75, 3.05) is 5.32 Å². The lowest BCUT2D eigenvalue weighted by atomic mass is 10.1. The van der Waals surface area contributed by atoms with Crippen LogP contribution in [0.15, 0.2) is 57.3 Å². The van der Waals surface area contributed by atoms with E-state index in [1.165, 1.54) is 29.0 Å². The molecule has 1 aromatic heterocycles. The third-order valence-electron chi connectivity index (χ3n) is 3.21. The van der Waals surface area contributed by atoms with Crippen LogP contribution in [0.1, 0.15) is 11.1 Å². The van der Waals surface area contributed by atoms with Gasteiger partial charge in [0, 0.05) is 10.2 Å². The third-order valence-corrected chi connectivity index (χ3v) is 5.78. The van der Waals surface area contributed by atoms with Gasteiger partial charge in [-0.05, 0) is 35.4 Å². The number of thioether (sulfide) groups is 1. The summed E-state index contributed by atoms with van der Waals surface area (Å²) in [5, 5.41) is 11.3. The minimum Gasteiger partial charge on any atom is -0.300 e. The van der Waals surface area contributed by atoms with Crippen molar-refractivity contribution < 1.29 is 9.18 Å². The average Bonchev–Trinajstić information content (AvgIpc) is 3.04. The van der Waals surface area contributed by atoms with Gasteiger partial charge in [-0.1, -0.05) is 63.3 Å². The number of rotatable bonds is 6. The van der Waals surface area contributed by atoms with Gasteiger partial charge in [0.15, 0.2) is 4.34 Å². The molecule has 0 aliphatic carbocycles.